The maximum Gasteiger partial charge on any atom is 0.0424 e. The van der Waals surface area contributed by atoms with Gasteiger partial charge in [0.1, 0.15) is 0 Å². The van der Waals surface area contributed by atoms with Gasteiger partial charge in [-0.2, -0.15) is 0 Å². The molecule has 0 aromatic heterocycles. The predicted molar refractivity (Wildman–Crippen MR) is 97.1 cm³/mol. The average Bonchev–Trinajstić information content (AvgIpc) is 2.81. The minimum absolute atomic E-state index is 0. The van der Waals surface area contributed by atoms with E-state index in [4.69, 9.17) is 0 Å². The SMILES string of the molecule is CCC=C(C)C(C)=CCC.CP(C)(C)=NC1=CC=CC1.[Ti]. The van der Waals surface area contributed by atoms with Gasteiger partial charge in [0.05, 0.1) is 0 Å². The molecule has 0 radical (unpaired) electrons. The van der Waals surface area contributed by atoms with Gasteiger partial charge in [-0.05, 0) is 59.8 Å². The standard InChI is InChI=1S/C10H18.C8H14NP.Ti/c1-5-7-9(3)10(4)8-6-2;1-10(2,3)9-8-6-4-5-7-8;/h7-8H,5-6H2,1-4H3;4-6H,7H2,1-3H3;. The molecule has 21 heavy (non-hydrogen) atoms. The van der Waals surface area contributed by atoms with Gasteiger partial charge in [-0.1, -0.05) is 49.3 Å². The summed E-state index contributed by atoms with van der Waals surface area (Å²) in [5, 5.41) is 0. The number of hydrogen-bond acceptors (Lipinski definition) is 1. The summed E-state index contributed by atoms with van der Waals surface area (Å²) in [6.07, 6.45) is 14.2. The van der Waals surface area contributed by atoms with Crippen molar-refractivity contribution in [2.24, 2.45) is 4.74 Å². The number of nitrogens with zero attached hydrogens (tertiary/aromatic N) is 1. The molecule has 0 saturated carbocycles. The van der Waals surface area contributed by atoms with Crippen molar-refractivity contribution in [3.63, 3.8) is 0 Å². The van der Waals surface area contributed by atoms with E-state index in [9.17, 15) is 0 Å². The first-order valence-electron chi connectivity index (χ1n) is 7.54. The fourth-order valence-corrected chi connectivity index (χ4v) is 2.75. The van der Waals surface area contributed by atoms with Gasteiger partial charge >= 0.3 is 0 Å². The molecule has 1 rings (SSSR count). The summed E-state index contributed by atoms with van der Waals surface area (Å²) >= 11 is 0. The second-order valence-corrected chi connectivity index (χ2v) is 10.0. The fourth-order valence-electron chi connectivity index (χ4n) is 1.83. The maximum absolute atomic E-state index is 4.62. The minimum Gasteiger partial charge on any atom is -0.272 e. The molecule has 0 aromatic rings. The van der Waals surface area contributed by atoms with Gasteiger partial charge in [-0.25, -0.2) is 0 Å². The molecular weight excluding hydrogens is 309 g/mol. The van der Waals surface area contributed by atoms with E-state index in [0.717, 1.165) is 19.3 Å². The average molecular weight is 341 g/mol. The van der Waals surface area contributed by atoms with Crippen LogP contribution in [0.3, 0.4) is 0 Å². The zero-order chi connectivity index (χ0) is 15.6. The molecule has 0 aliphatic heterocycles. The summed E-state index contributed by atoms with van der Waals surface area (Å²) in [6, 6.07) is 0. The molecule has 1 nitrogen and oxygen atoms in total. The maximum atomic E-state index is 4.62. The van der Waals surface area contributed by atoms with Crippen molar-refractivity contribution < 1.29 is 21.7 Å². The molecule has 0 N–H and O–H groups in total. The molecule has 0 atom stereocenters. The molecule has 0 fully saturated rings. The van der Waals surface area contributed by atoms with E-state index in [1.54, 1.807) is 0 Å². The van der Waals surface area contributed by atoms with Gasteiger partial charge in [0, 0.05) is 33.8 Å². The molecular formula is C18H32NPTi. The number of allylic oxidation sites excluding steroid dienone is 7. The molecule has 1 aliphatic carbocycles. The second-order valence-electron chi connectivity index (χ2n) is 5.92. The third kappa shape index (κ3) is 13.3. The van der Waals surface area contributed by atoms with Crippen LogP contribution in [0.4, 0.5) is 0 Å². The largest absolute Gasteiger partial charge is 0.272 e. The summed E-state index contributed by atoms with van der Waals surface area (Å²) < 4.78 is 4.62. The number of hydrogen-bond donors (Lipinski definition) is 0. The van der Waals surface area contributed by atoms with E-state index in [2.05, 4.69) is 82.8 Å². The van der Waals surface area contributed by atoms with Crippen LogP contribution in [0.2, 0.25) is 0 Å². The quantitative estimate of drug-likeness (QED) is 0.310. The summed E-state index contributed by atoms with van der Waals surface area (Å²) in [6.45, 7) is 15.4. The summed E-state index contributed by atoms with van der Waals surface area (Å²) in [4.78, 5) is 0. The molecule has 0 aromatic carbocycles. The molecule has 0 amide bonds. The van der Waals surface area contributed by atoms with Crippen LogP contribution in [-0.4, -0.2) is 20.0 Å². The summed E-state index contributed by atoms with van der Waals surface area (Å²) in [5.74, 6) is 0. The van der Waals surface area contributed by atoms with Gasteiger partial charge in [0.25, 0.3) is 0 Å². The Morgan fingerprint density at radius 1 is 1.10 bits per heavy atom. The van der Waals surface area contributed by atoms with Crippen LogP contribution in [0.15, 0.2) is 52.0 Å². The van der Waals surface area contributed by atoms with Crippen LogP contribution in [0, 0.1) is 0 Å². The van der Waals surface area contributed by atoms with Crippen LogP contribution >= 0.6 is 7.05 Å². The van der Waals surface area contributed by atoms with Crippen LogP contribution in [-0.2, 0) is 21.7 Å². The van der Waals surface area contributed by atoms with Crippen molar-refractivity contribution in [3.8, 4) is 0 Å². The molecule has 0 heterocycles. The second kappa shape index (κ2) is 12.4. The van der Waals surface area contributed by atoms with Crippen molar-refractivity contribution >= 4 is 7.05 Å². The Morgan fingerprint density at radius 3 is 1.86 bits per heavy atom. The summed E-state index contributed by atoms with van der Waals surface area (Å²) in [7, 11) is -0.948. The van der Waals surface area contributed by atoms with E-state index in [1.807, 2.05) is 0 Å². The predicted octanol–water partition coefficient (Wildman–Crippen LogP) is 6.62. The Kier molecular flexibility index (Phi) is 13.7. The molecule has 118 valence electrons. The van der Waals surface area contributed by atoms with Gasteiger partial charge in [0.2, 0.25) is 0 Å². The molecule has 0 bridgehead atoms. The first-order chi connectivity index (χ1) is 9.30. The topological polar surface area (TPSA) is 12.4 Å². The Balaban J connectivity index is 0. The zero-order valence-electron chi connectivity index (χ0n) is 14.9. The van der Waals surface area contributed by atoms with Gasteiger partial charge in [-0.15, -0.1) is 0 Å². The van der Waals surface area contributed by atoms with E-state index in [1.165, 1.54) is 16.8 Å². The zero-order valence-corrected chi connectivity index (χ0v) is 17.4. The van der Waals surface area contributed by atoms with Crippen molar-refractivity contribution in [2.75, 3.05) is 20.0 Å². The van der Waals surface area contributed by atoms with E-state index in [-0.39, 0.29) is 21.7 Å². The van der Waals surface area contributed by atoms with Crippen LogP contribution in [0.5, 0.6) is 0 Å². The van der Waals surface area contributed by atoms with Gasteiger partial charge in [-0.3, -0.25) is 4.74 Å². The first-order valence-corrected chi connectivity index (χ1v) is 10.6. The number of rotatable bonds is 4. The van der Waals surface area contributed by atoms with E-state index >= 15 is 0 Å². The smallest absolute Gasteiger partial charge is 0.0424 e. The van der Waals surface area contributed by atoms with Crippen LogP contribution in [0.1, 0.15) is 47.0 Å². The molecule has 0 saturated heterocycles. The van der Waals surface area contributed by atoms with Crippen LogP contribution in [0.25, 0.3) is 0 Å². The summed E-state index contributed by atoms with van der Waals surface area (Å²) in [5.41, 5.74) is 4.09. The third-order valence-corrected chi connectivity index (χ3v) is 3.68. The Hall–Kier alpha value is -0.0957. The van der Waals surface area contributed by atoms with Crippen molar-refractivity contribution in [1.82, 2.24) is 0 Å². The van der Waals surface area contributed by atoms with Gasteiger partial charge in [0.15, 0.2) is 0 Å². The molecule has 1 aliphatic rings. The molecule has 3 heteroatoms. The fraction of sp³-hybridized carbons (Fsp3) is 0.556. The minimum atomic E-state index is -0.948. The Bertz CT molecular complexity index is 435. The normalized spacial score (nSPS) is 14.9. The van der Waals surface area contributed by atoms with Crippen molar-refractivity contribution in [3.05, 3.63) is 47.2 Å². The first kappa shape index (κ1) is 23.2. The van der Waals surface area contributed by atoms with E-state index < -0.39 is 7.05 Å². The van der Waals surface area contributed by atoms with Gasteiger partial charge < -0.3 is 0 Å². The molecule has 0 spiro atoms. The monoisotopic (exact) mass is 341 g/mol. The molecule has 0 unspecified atom stereocenters. The third-order valence-electron chi connectivity index (χ3n) is 2.82. The Morgan fingerprint density at radius 2 is 1.57 bits per heavy atom. The Labute approximate surface area is 147 Å². The van der Waals surface area contributed by atoms with Crippen LogP contribution < -0.4 is 0 Å². The van der Waals surface area contributed by atoms with E-state index in [0.29, 0.717) is 0 Å². The van der Waals surface area contributed by atoms with Crippen molar-refractivity contribution in [1.29, 1.82) is 0 Å². The van der Waals surface area contributed by atoms with Crippen molar-refractivity contribution in [2.45, 2.75) is 47.0 Å².